The van der Waals surface area contributed by atoms with Gasteiger partial charge in [-0.15, -0.1) is 0 Å². The van der Waals surface area contributed by atoms with Gasteiger partial charge >= 0.3 is 0 Å². The molecule has 0 aliphatic carbocycles. The zero-order valence-electron chi connectivity index (χ0n) is 8.13. The lowest BCUT2D eigenvalue weighted by Gasteiger charge is -2.08. The maximum atomic E-state index is 11.3. The summed E-state index contributed by atoms with van der Waals surface area (Å²) < 4.78 is 4.83. The van der Waals surface area contributed by atoms with Crippen molar-refractivity contribution in [3.8, 4) is 0 Å². The van der Waals surface area contributed by atoms with Gasteiger partial charge in [0.25, 0.3) is 0 Å². The molecule has 0 aromatic carbocycles. The van der Waals surface area contributed by atoms with Crippen LogP contribution in [0.25, 0.3) is 0 Å². The lowest BCUT2D eigenvalue weighted by molar-refractivity contribution is -0.124. The van der Waals surface area contributed by atoms with Crippen LogP contribution in [-0.2, 0) is 14.3 Å². The Labute approximate surface area is 82.3 Å². The molecule has 1 fully saturated rings. The quantitative estimate of drug-likeness (QED) is 0.475. The van der Waals surface area contributed by atoms with Gasteiger partial charge < -0.3 is 10.1 Å². The number of rotatable bonds is 5. The zero-order valence-corrected chi connectivity index (χ0v) is 8.13. The van der Waals surface area contributed by atoms with E-state index in [9.17, 15) is 9.59 Å². The predicted molar refractivity (Wildman–Crippen MR) is 49.2 cm³/mol. The van der Waals surface area contributed by atoms with E-state index < -0.39 is 6.04 Å². The van der Waals surface area contributed by atoms with E-state index in [-0.39, 0.29) is 18.2 Å². The fourth-order valence-corrected chi connectivity index (χ4v) is 1.16. The van der Waals surface area contributed by atoms with Gasteiger partial charge in [-0.05, 0) is 6.42 Å². The molecule has 1 aliphatic rings. The Morgan fingerprint density at radius 3 is 3.07 bits per heavy atom. The molecule has 80 valence electrons. The van der Waals surface area contributed by atoms with Crippen LogP contribution in [0.2, 0.25) is 0 Å². The van der Waals surface area contributed by atoms with Crippen molar-refractivity contribution in [2.75, 3.05) is 20.3 Å². The summed E-state index contributed by atoms with van der Waals surface area (Å²) in [4.78, 5) is 22.1. The Balaban J connectivity index is 2.12. The normalized spacial score (nSPS) is 20.6. The second-order valence-electron chi connectivity index (χ2n) is 3.09. The summed E-state index contributed by atoms with van der Waals surface area (Å²) in [7, 11) is 1.61. The fraction of sp³-hybridized carbons (Fsp3) is 0.750. The smallest absolute Gasteiger partial charge is 0.239 e. The van der Waals surface area contributed by atoms with Crippen LogP contribution in [0.3, 0.4) is 0 Å². The Morgan fingerprint density at radius 1 is 1.71 bits per heavy atom. The molecule has 0 aromatic heterocycles. The highest BCUT2D eigenvalue weighted by Crippen LogP contribution is 1.97. The van der Waals surface area contributed by atoms with Gasteiger partial charge in [0, 0.05) is 20.3 Å². The largest absolute Gasteiger partial charge is 0.385 e. The topological polar surface area (TPSA) is 79.5 Å². The minimum Gasteiger partial charge on any atom is -0.385 e. The number of hydrazine groups is 1. The number of ether oxygens (including phenoxy) is 1. The highest BCUT2D eigenvalue weighted by atomic mass is 16.5. The number of carbonyl (C=O) groups is 2. The van der Waals surface area contributed by atoms with Crippen molar-refractivity contribution in [1.29, 1.82) is 0 Å². The van der Waals surface area contributed by atoms with Crippen LogP contribution < -0.4 is 16.2 Å². The standard InChI is InChI=1S/C8H15N3O3/c1-14-4-2-3-9-8(13)6-5-7(12)11-10-6/h6,10H,2-5H2,1H3,(H,9,13)(H,11,12). The molecule has 1 atom stereocenters. The van der Waals surface area contributed by atoms with Gasteiger partial charge in [-0.25, -0.2) is 5.43 Å². The second kappa shape index (κ2) is 5.56. The number of hydrogen-bond donors (Lipinski definition) is 3. The van der Waals surface area contributed by atoms with Crippen LogP contribution in [0, 0.1) is 0 Å². The van der Waals surface area contributed by atoms with E-state index >= 15 is 0 Å². The first kappa shape index (κ1) is 10.9. The molecule has 6 nitrogen and oxygen atoms in total. The molecule has 1 rings (SSSR count). The fourth-order valence-electron chi connectivity index (χ4n) is 1.16. The van der Waals surface area contributed by atoms with E-state index in [2.05, 4.69) is 16.2 Å². The van der Waals surface area contributed by atoms with Crippen molar-refractivity contribution in [3.05, 3.63) is 0 Å². The van der Waals surface area contributed by atoms with E-state index in [1.807, 2.05) is 0 Å². The van der Waals surface area contributed by atoms with Gasteiger partial charge in [-0.2, -0.15) is 0 Å². The van der Waals surface area contributed by atoms with Crippen LogP contribution in [-0.4, -0.2) is 38.1 Å². The van der Waals surface area contributed by atoms with Crippen LogP contribution in [0.15, 0.2) is 0 Å². The summed E-state index contributed by atoms with van der Waals surface area (Å²) >= 11 is 0. The summed E-state index contributed by atoms with van der Waals surface area (Å²) in [5, 5.41) is 2.71. The van der Waals surface area contributed by atoms with Gasteiger partial charge in [-0.3, -0.25) is 15.0 Å². The second-order valence-corrected chi connectivity index (χ2v) is 3.09. The van der Waals surface area contributed by atoms with E-state index in [4.69, 9.17) is 4.74 Å². The van der Waals surface area contributed by atoms with E-state index in [0.29, 0.717) is 13.2 Å². The first-order valence-corrected chi connectivity index (χ1v) is 4.55. The lowest BCUT2D eigenvalue weighted by Crippen LogP contribution is -2.43. The molecule has 6 heteroatoms. The number of carbonyl (C=O) groups excluding carboxylic acids is 2. The summed E-state index contributed by atoms with van der Waals surface area (Å²) in [6.45, 7) is 1.19. The predicted octanol–water partition coefficient (Wildman–Crippen LogP) is -1.47. The third-order valence-electron chi connectivity index (χ3n) is 1.92. The molecule has 0 bridgehead atoms. The minimum atomic E-state index is -0.440. The van der Waals surface area contributed by atoms with Crippen molar-refractivity contribution in [2.24, 2.45) is 0 Å². The third-order valence-corrected chi connectivity index (χ3v) is 1.92. The van der Waals surface area contributed by atoms with Crippen molar-refractivity contribution >= 4 is 11.8 Å². The molecule has 0 spiro atoms. The molecular weight excluding hydrogens is 186 g/mol. The van der Waals surface area contributed by atoms with E-state index in [1.54, 1.807) is 7.11 Å². The first-order valence-electron chi connectivity index (χ1n) is 4.55. The molecule has 0 aromatic rings. The van der Waals surface area contributed by atoms with Crippen molar-refractivity contribution < 1.29 is 14.3 Å². The molecule has 3 N–H and O–H groups in total. The van der Waals surface area contributed by atoms with Gasteiger partial charge in [0.05, 0.1) is 6.42 Å². The Morgan fingerprint density at radius 2 is 2.50 bits per heavy atom. The maximum absolute atomic E-state index is 11.3. The van der Waals surface area contributed by atoms with E-state index in [1.165, 1.54) is 0 Å². The molecule has 0 radical (unpaired) electrons. The maximum Gasteiger partial charge on any atom is 0.239 e. The highest BCUT2D eigenvalue weighted by Gasteiger charge is 2.26. The van der Waals surface area contributed by atoms with Crippen molar-refractivity contribution in [2.45, 2.75) is 18.9 Å². The first-order chi connectivity index (χ1) is 6.74. The summed E-state index contributed by atoms with van der Waals surface area (Å²) in [6.07, 6.45) is 0.979. The van der Waals surface area contributed by atoms with Crippen molar-refractivity contribution in [1.82, 2.24) is 16.2 Å². The van der Waals surface area contributed by atoms with Crippen LogP contribution >= 0.6 is 0 Å². The highest BCUT2D eigenvalue weighted by molar-refractivity contribution is 5.90. The zero-order chi connectivity index (χ0) is 10.4. The van der Waals surface area contributed by atoms with Crippen LogP contribution in [0.5, 0.6) is 0 Å². The van der Waals surface area contributed by atoms with Crippen molar-refractivity contribution in [3.63, 3.8) is 0 Å². The van der Waals surface area contributed by atoms with E-state index in [0.717, 1.165) is 6.42 Å². The summed E-state index contributed by atoms with van der Waals surface area (Å²) in [5.41, 5.74) is 4.98. The average Bonchev–Trinajstić information content (AvgIpc) is 2.59. The molecule has 1 aliphatic heterocycles. The number of amides is 2. The molecule has 0 saturated carbocycles. The van der Waals surface area contributed by atoms with Gasteiger partial charge in [0.2, 0.25) is 11.8 Å². The number of hydrogen-bond acceptors (Lipinski definition) is 4. The number of nitrogens with one attached hydrogen (secondary N) is 3. The Hall–Kier alpha value is -1.14. The van der Waals surface area contributed by atoms with Crippen LogP contribution in [0.1, 0.15) is 12.8 Å². The summed E-state index contributed by atoms with van der Waals surface area (Å²) in [6, 6.07) is -0.440. The Bertz CT molecular complexity index is 220. The average molecular weight is 201 g/mol. The van der Waals surface area contributed by atoms with Gasteiger partial charge in [-0.1, -0.05) is 0 Å². The lowest BCUT2D eigenvalue weighted by atomic mass is 10.2. The molecule has 1 heterocycles. The molecular formula is C8H15N3O3. The monoisotopic (exact) mass is 201 g/mol. The summed E-state index contributed by atoms with van der Waals surface area (Å²) in [5.74, 6) is -0.304. The molecule has 1 unspecified atom stereocenters. The number of methoxy groups -OCH3 is 1. The SMILES string of the molecule is COCCCNC(=O)C1CC(=O)NN1. The third kappa shape index (κ3) is 3.31. The van der Waals surface area contributed by atoms with Crippen LogP contribution in [0.4, 0.5) is 0 Å². The molecule has 2 amide bonds. The minimum absolute atomic E-state index is 0.151. The molecule has 1 saturated heterocycles. The molecule has 14 heavy (non-hydrogen) atoms. The Kier molecular flexibility index (Phi) is 4.34. The van der Waals surface area contributed by atoms with Gasteiger partial charge in [0.1, 0.15) is 6.04 Å². The van der Waals surface area contributed by atoms with Gasteiger partial charge in [0.15, 0.2) is 0 Å².